The largest absolute Gasteiger partial charge is 0.262 e. The number of rotatable bonds is 6. The van der Waals surface area contributed by atoms with E-state index in [-0.39, 0.29) is 6.54 Å². The van der Waals surface area contributed by atoms with Crippen LogP contribution in [0.4, 0.5) is 10.1 Å². The van der Waals surface area contributed by atoms with Gasteiger partial charge in [0.05, 0.1) is 17.6 Å². The lowest BCUT2D eigenvalue weighted by molar-refractivity contribution is 0.598. The van der Waals surface area contributed by atoms with Crippen LogP contribution < -0.4 is 4.31 Å². The van der Waals surface area contributed by atoms with E-state index in [0.717, 1.165) is 11.0 Å². The molecule has 0 bridgehead atoms. The molecule has 0 fully saturated rings. The highest BCUT2D eigenvalue weighted by molar-refractivity contribution is 7.95. The van der Waals surface area contributed by atoms with Crippen LogP contribution in [-0.2, 0) is 16.6 Å². The molecule has 0 aliphatic rings. The fourth-order valence-electron chi connectivity index (χ4n) is 2.76. The van der Waals surface area contributed by atoms with E-state index in [9.17, 15) is 12.8 Å². The molecule has 0 radical (unpaired) electrons. The number of nitrogens with zero attached hydrogens (tertiary/aromatic N) is 1. The summed E-state index contributed by atoms with van der Waals surface area (Å²) >= 11 is 5.96. The highest BCUT2D eigenvalue weighted by Crippen LogP contribution is 2.24. The monoisotopic (exact) mass is 415 g/mol. The number of hydrogen-bond acceptors (Lipinski definition) is 2. The Kier molecular flexibility index (Phi) is 6.17. The van der Waals surface area contributed by atoms with Gasteiger partial charge in [-0.1, -0.05) is 48.0 Å². The molecule has 0 heterocycles. The molecule has 6 heteroatoms. The van der Waals surface area contributed by atoms with Gasteiger partial charge in [0.1, 0.15) is 5.82 Å². The summed E-state index contributed by atoms with van der Waals surface area (Å²) in [6.07, 6.45) is 1.50. The first-order chi connectivity index (χ1) is 13.3. The molecule has 3 aromatic rings. The van der Waals surface area contributed by atoms with Crippen LogP contribution >= 0.6 is 11.6 Å². The van der Waals surface area contributed by atoms with Crippen LogP contribution in [0.25, 0.3) is 6.08 Å². The average Bonchev–Trinajstić information content (AvgIpc) is 2.65. The average molecular weight is 416 g/mol. The van der Waals surface area contributed by atoms with E-state index in [1.165, 1.54) is 22.5 Å². The molecule has 0 saturated carbocycles. The van der Waals surface area contributed by atoms with Gasteiger partial charge < -0.3 is 0 Å². The molecular formula is C22H19ClFNO2S. The summed E-state index contributed by atoms with van der Waals surface area (Å²) in [5.74, 6) is -0.409. The van der Waals surface area contributed by atoms with Crippen molar-refractivity contribution in [2.75, 3.05) is 4.31 Å². The molecule has 144 valence electrons. The molecule has 0 saturated heterocycles. The smallest absolute Gasteiger partial charge is 0.257 e. The minimum atomic E-state index is -3.83. The first-order valence-electron chi connectivity index (χ1n) is 8.61. The molecule has 0 amide bonds. The Labute approximate surface area is 169 Å². The third-order valence-electron chi connectivity index (χ3n) is 4.09. The Morgan fingerprint density at radius 1 is 1.00 bits per heavy atom. The predicted molar refractivity (Wildman–Crippen MR) is 113 cm³/mol. The maximum absolute atomic E-state index is 13.6. The first kappa shape index (κ1) is 20.1. The fraction of sp³-hybridized carbons (Fsp3) is 0.0909. The second-order valence-corrected chi connectivity index (χ2v) is 8.56. The van der Waals surface area contributed by atoms with Crippen LogP contribution in [0.15, 0.2) is 78.2 Å². The van der Waals surface area contributed by atoms with Gasteiger partial charge in [-0.2, -0.15) is 0 Å². The molecule has 28 heavy (non-hydrogen) atoms. The van der Waals surface area contributed by atoms with Gasteiger partial charge in [-0.25, -0.2) is 12.8 Å². The minimum absolute atomic E-state index is 0.0173. The van der Waals surface area contributed by atoms with Crippen molar-refractivity contribution in [3.8, 4) is 0 Å². The van der Waals surface area contributed by atoms with Crippen molar-refractivity contribution in [2.24, 2.45) is 0 Å². The van der Waals surface area contributed by atoms with E-state index in [1.807, 2.05) is 13.0 Å². The van der Waals surface area contributed by atoms with Gasteiger partial charge in [0, 0.05) is 5.02 Å². The van der Waals surface area contributed by atoms with E-state index in [4.69, 9.17) is 11.6 Å². The summed E-state index contributed by atoms with van der Waals surface area (Å²) in [6.45, 7) is 1.90. The maximum atomic E-state index is 13.6. The fourth-order valence-corrected chi connectivity index (χ4v) is 4.17. The van der Waals surface area contributed by atoms with E-state index in [0.29, 0.717) is 21.8 Å². The van der Waals surface area contributed by atoms with Crippen LogP contribution in [-0.4, -0.2) is 8.42 Å². The zero-order chi connectivity index (χ0) is 20.1. The topological polar surface area (TPSA) is 37.4 Å². The van der Waals surface area contributed by atoms with Crippen molar-refractivity contribution in [3.63, 3.8) is 0 Å². The Bertz CT molecular complexity index is 1110. The van der Waals surface area contributed by atoms with Gasteiger partial charge in [0.25, 0.3) is 10.0 Å². The Hall–Kier alpha value is -2.63. The lowest BCUT2D eigenvalue weighted by atomic mass is 10.2. The van der Waals surface area contributed by atoms with Crippen molar-refractivity contribution >= 4 is 33.4 Å². The minimum Gasteiger partial charge on any atom is -0.262 e. The molecule has 0 aromatic heterocycles. The number of benzene rings is 3. The molecule has 0 atom stereocenters. The summed E-state index contributed by atoms with van der Waals surface area (Å²) in [6, 6.07) is 20.0. The second kappa shape index (κ2) is 8.59. The van der Waals surface area contributed by atoms with Gasteiger partial charge in [-0.15, -0.1) is 0 Å². The third-order valence-corrected chi connectivity index (χ3v) is 5.76. The summed E-state index contributed by atoms with van der Waals surface area (Å²) in [4.78, 5) is 0. The van der Waals surface area contributed by atoms with Crippen LogP contribution in [0.3, 0.4) is 0 Å². The maximum Gasteiger partial charge on any atom is 0.257 e. The standard InChI is InChI=1S/C22H19ClFNO2S/c1-17-5-2-10-22(13-17)25(16-19-7-4-9-21(24)15-19)28(26,27)12-11-18-6-3-8-20(23)14-18/h2-15H,16H2,1H3/b12-11+. The van der Waals surface area contributed by atoms with Crippen molar-refractivity contribution in [2.45, 2.75) is 13.5 Å². The van der Waals surface area contributed by atoms with Gasteiger partial charge in [-0.3, -0.25) is 4.31 Å². The quantitative estimate of drug-likeness (QED) is 0.510. The second-order valence-electron chi connectivity index (χ2n) is 6.38. The lowest BCUT2D eigenvalue weighted by Crippen LogP contribution is -2.28. The van der Waals surface area contributed by atoms with Crippen LogP contribution in [0.5, 0.6) is 0 Å². The number of aryl methyl sites for hydroxylation is 1. The molecular weight excluding hydrogens is 397 g/mol. The summed E-state index contributed by atoms with van der Waals surface area (Å²) in [5.41, 5.74) is 2.67. The summed E-state index contributed by atoms with van der Waals surface area (Å²) in [7, 11) is -3.83. The Balaban J connectivity index is 1.99. The van der Waals surface area contributed by atoms with Gasteiger partial charge in [0.15, 0.2) is 0 Å². The third kappa shape index (κ3) is 5.21. The van der Waals surface area contributed by atoms with Crippen molar-refractivity contribution in [1.82, 2.24) is 0 Å². The Morgan fingerprint density at radius 2 is 1.75 bits per heavy atom. The molecule has 3 nitrogen and oxygen atoms in total. The highest BCUT2D eigenvalue weighted by Gasteiger charge is 2.20. The predicted octanol–water partition coefficient (Wildman–Crippen LogP) is 5.79. The number of anilines is 1. The van der Waals surface area contributed by atoms with Crippen LogP contribution in [0.1, 0.15) is 16.7 Å². The zero-order valence-corrected chi connectivity index (χ0v) is 16.8. The molecule has 0 N–H and O–H groups in total. The molecule has 0 unspecified atom stereocenters. The molecule has 3 aromatic carbocycles. The zero-order valence-electron chi connectivity index (χ0n) is 15.2. The molecule has 0 spiro atoms. The van der Waals surface area contributed by atoms with Crippen LogP contribution in [0.2, 0.25) is 5.02 Å². The van der Waals surface area contributed by atoms with Gasteiger partial charge >= 0.3 is 0 Å². The van der Waals surface area contributed by atoms with E-state index in [1.54, 1.807) is 54.6 Å². The van der Waals surface area contributed by atoms with Gasteiger partial charge in [0.2, 0.25) is 0 Å². The van der Waals surface area contributed by atoms with E-state index in [2.05, 4.69) is 0 Å². The van der Waals surface area contributed by atoms with Crippen molar-refractivity contribution in [3.05, 3.63) is 106 Å². The summed E-state index contributed by atoms with van der Waals surface area (Å²) < 4.78 is 41.1. The number of hydrogen-bond donors (Lipinski definition) is 0. The SMILES string of the molecule is Cc1cccc(N(Cc2cccc(F)c2)S(=O)(=O)/C=C/c2cccc(Cl)c2)c1. The number of sulfonamides is 1. The molecule has 0 aliphatic carbocycles. The first-order valence-corrected chi connectivity index (χ1v) is 10.5. The van der Waals surface area contributed by atoms with E-state index >= 15 is 0 Å². The van der Waals surface area contributed by atoms with Gasteiger partial charge in [-0.05, 0) is 66.1 Å². The number of halogens is 2. The van der Waals surface area contributed by atoms with Crippen molar-refractivity contribution in [1.29, 1.82) is 0 Å². The highest BCUT2D eigenvalue weighted by atomic mass is 35.5. The normalized spacial score (nSPS) is 11.7. The molecule has 0 aliphatic heterocycles. The van der Waals surface area contributed by atoms with Crippen LogP contribution in [0, 0.1) is 12.7 Å². The van der Waals surface area contributed by atoms with Crippen molar-refractivity contribution < 1.29 is 12.8 Å². The molecule has 3 rings (SSSR count). The van der Waals surface area contributed by atoms with E-state index < -0.39 is 15.8 Å². The summed E-state index contributed by atoms with van der Waals surface area (Å²) in [5, 5.41) is 1.66. The lowest BCUT2D eigenvalue weighted by Gasteiger charge is -2.23. The Morgan fingerprint density at radius 3 is 2.46 bits per heavy atom.